The summed E-state index contributed by atoms with van der Waals surface area (Å²) in [5.74, 6) is 0. The molecule has 0 aliphatic carbocycles. The number of aryl methyl sites for hydroxylation is 1. The summed E-state index contributed by atoms with van der Waals surface area (Å²) in [6.07, 6.45) is 13.8. The maximum atomic E-state index is 11.5. The molecule has 0 fully saturated rings. The Labute approximate surface area is 194 Å². The number of benzene rings is 1. The van der Waals surface area contributed by atoms with E-state index in [1.165, 1.54) is 16.8 Å². The van der Waals surface area contributed by atoms with Gasteiger partial charge in [0.25, 0.3) is 0 Å². The Morgan fingerprint density at radius 2 is 1.94 bits per heavy atom. The highest BCUT2D eigenvalue weighted by atomic mass is 16.1. The first-order valence-electron chi connectivity index (χ1n) is 11.8. The normalized spacial score (nSPS) is 11.8. The van der Waals surface area contributed by atoms with Crippen molar-refractivity contribution in [2.45, 2.75) is 52.0 Å². The van der Waals surface area contributed by atoms with Crippen molar-refractivity contribution in [1.29, 1.82) is 0 Å². The van der Waals surface area contributed by atoms with Crippen LogP contribution in [0.15, 0.2) is 68.0 Å². The molecule has 1 unspecified atom stereocenters. The standard InChI is InChI=1S/C28H39N3O/c1-5-8-12-27-14-13-26(23-32)21-28(27)31(24(4)10-6-2)20-19-30(17-7-3)18-15-25-11-9-16-29-22-25/h6-7,9,11,13-14,16,21-24H,2-3,5,8,10,12,15,17-20H2,1,4H3. The zero-order valence-corrected chi connectivity index (χ0v) is 19.9. The number of carbonyl (C=O) groups excluding carboxylic acids is 1. The molecule has 0 aliphatic heterocycles. The largest absolute Gasteiger partial charge is 0.367 e. The zero-order chi connectivity index (χ0) is 23.2. The van der Waals surface area contributed by atoms with E-state index in [1.54, 1.807) is 0 Å². The van der Waals surface area contributed by atoms with Gasteiger partial charge in [0.15, 0.2) is 0 Å². The van der Waals surface area contributed by atoms with Gasteiger partial charge in [-0.3, -0.25) is 14.7 Å². The predicted molar refractivity (Wildman–Crippen MR) is 137 cm³/mol. The van der Waals surface area contributed by atoms with Gasteiger partial charge in [0.1, 0.15) is 6.29 Å². The lowest BCUT2D eigenvalue weighted by Crippen LogP contribution is -2.41. The van der Waals surface area contributed by atoms with Gasteiger partial charge in [0.2, 0.25) is 0 Å². The van der Waals surface area contributed by atoms with E-state index in [-0.39, 0.29) is 0 Å². The minimum Gasteiger partial charge on any atom is -0.367 e. The Bertz CT molecular complexity index is 834. The third-order valence-corrected chi connectivity index (χ3v) is 5.88. The summed E-state index contributed by atoms with van der Waals surface area (Å²) in [6, 6.07) is 10.6. The summed E-state index contributed by atoms with van der Waals surface area (Å²) in [7, 11) is 0. The van der Waals surface area contributed by atoms with E-state index < -0.39 is 0 Å². The molecule has 0 amide bonds. The minimum absolute atomic E-state index is 0.304. The second-order valence-corrected chi connectivity index (χ2v) is 8.38. The fraction of sp³-hybridized carbons (Fsp3) is 0.429. The number of aldehydes is 1. The van der Waals surface area contributed by atoms with Gasteiger partial charge in [0.05, 0.1) is 0 Å². The van der Waals surface area contributed by atoms with Crippen LogP contribution in [0.5, 0.6) is 0 Å². The van der Waals surface area contributed by atoms with E-state index >= 15 is 0 Å². The number of pyridine rings is 1. The number of nitrogens with zero attached hydrogens (tertiary/aromatic N) is 3. The van der Waals surface area contributed by atoms with Crippen LogP contribution in [0, 0.1) is 0 Å². The van der Waals surface area contributed by atoms with Crippen molar-refractivity contribution in [2.24, 2.45) is 0 Å². The molecule has 1 heterocycles. The number of aromatic nitrogens is 1. The summed E-state index contributed by atoms with van der Waals surface area (Å²) in [5.41, 5.74) is 4.48. The van der Waals surface area contributed by atoms with E-state index in [0.29, 0.717) is 6.04 Å². The van der Waals surface area contributed by atoms with Gasteiger partial charge >= 0.3 is 0 Å². The summed E-state index contributed by atoms with van der Waals surface area (Å²) >= 11 is 0. The molecule has 0 bridgehead atoms. The van der Waals surface area contributed by atoms with E-state index in [4.69, 9.17) is 0 Å². The molecule has 0 radical (unpaired) electrons. The van der Waals surface area contributed by atoms with Crippen molar-refractivity contribution in [2.75, 3.05) is 31.1 Å². The van der Waals surface area contributed by atoms with Crippen LogP contribution >= 0.6 is 0 Å². The molecule has 4 heteroatoms. The molecular weight excluding hydrogens is 394 g/mol. The van der Waals surface area contributed by atoms with E-state index in [9.17, 15) is 4.79 Å². The molecule has 172 valence electrons. The molecule has 0 saturated heterocycles. The topological polar surface area (TPSA) is 36.4 Å². The fourth-order valence-corrected chi connectivity index (χ4v) is 4.01. The Hall–Kier alpha value is -2.72. The lowest BCUT2D eigenvalue weighted by atomic mass is 10.0. The molecule has 1 aromatic heterocycles. The van der Waals surface area contributed by atoms with Crippen molar-refractivity contribution >= 4 is 12.0 Å². The maximum Gasteiger partial charge on any atom is 0.150 e. The second-order valence-electron chi connectivity index (χ2n) is 8.38. The molecule has 0 N–H and O–H groups in total. The number of anilines is 1. The average Bonchev–Trinajstić information content (AvgIpc) is 2.82. The van der Waals surface area contributed by atoms with E-state index in [2.05, 4.69) is 60.0 Å². The van der Waals surface area contributed by atoms with Crippen molar-refractivity contribution in [1.82, 2.24) is 9.88 Å². The Balaban J connectivity index is 2.21. The highest BCUT2D eigenvalue weighted by Gasteiger charge is 2.18. The summed E-state index contributed by atoms with van der Waals surface area (Å²) in [4.78, 5) is 20.6. The van der Waals surface area contributed by atoms with E-state index in [0.717, 1.165) is 70.1 Å². The molecule has 0 saturated carbocycles. The van der Waals surface area contributed by atoms with Gasteiger partial charge in [-0.25, -0.2) is 0 Å². The van der Waals surface area contributed by atoms with E-state index in [1.807, 2.05) is 36.7 Å². The summed E-state index contributed by atoms with van der Waals surface area (Å²) < 4.78 is 0. The number of rotatable bonds is 16. The Morgan fingerprint density at radius 1 is 1.09 bits per heavy atom. The number of carbonyl (C=O) groups is 1. The predicted octanol–water partition coefficient (Wildman–Crippen LogP) is 5.74. The molecule has 0 aliphatic rings. The molecule has 32 heavy (non-hydrogen) atoms. The first-order chi connectivity index (χ1) is 15.6. The van der Waals surface area contributed by atoms with Crippen molar-refractivity contribution in [3.8, 4) is 0 Å². The Kier molecular flexibility index (Phi) is 11.5. The van der Waals surface area contributed by atoms with Gasteiger partial charge in [-0.15, -0.1) is 13.2 Å². The number of hydrogen-bond donors (Lipinski definition) is 0. The quantitative estimate of drug-likeness (QED) is 0.250. The molecule has 1 aromatic carbocycles. The van der Waals surface area contributed by atoms with Crippen LogP contribution in [0.25, 0.3) is 0 Å². The third kappa shape index (κ3) is 8.08. The molecule has 2 rings (SSSR count). The van der Waals surface area contributed by atoms with Crippen molar-refractivity contribution in [3.05, 3.63) is 84.7 Å². The average molecular weight is 434 g/mol. The Morgan fingerprint density at radius 3 is 2.59 bits per heavy atom. The highest BCUT2D eigenvalue weighted by molar-refractivity contribution is 5.78. The number of unbranched alkanes of at least 4 members (excludes halogenated alkanes) is 1. The van der Waals surface area contributed by atoms with Crippen LogP contribution < -0.4 is 4.90 Å². The van der Waals surface area contributed by atoms with Crippen LogP contribution in [0.4, 0.5) is 5.69 Å². The van der Waals surface area contributed by atoms with Gasteiger partial charge in [0, 0.05) is 55.9 Å². The SMILES string of the molecule is C=CCC(C)N(CCN(CC=C)CCc1cccnc1)c1cc(C=O)ccc1CCCC. The van der Waals surface area contributed by atoms with Gasteiger partial charge < -0.3 is 4.90 Å². The first kappa shape index (κ1) is 25.5. The molecule has 0 spiro atoms. The fourth-order valence-electron chi connectivity index (χ4n) is 4.01. The van der Waals surface area contributed by atoms with Gasteiger partial charge in [-0.05, 0) is 55.9 Å². The molecule has 1 atom stereocenters. The van der Waals surface area contributed by atoms with Crippen LogP contribution in [0.2, 0.25) is 0 Å². The van der Waals surface area contributed by atoms with Crippen LogP contribution in [-0.2, 0) is 12.8 Å². The summed E-state index contributed by atoms with van der Waals surface area (Å²) in [6.45, 7) is 16.0. The monoisotopic (exact) mass is 433 g/mol. The van der Waals surface area contributed by atoms with Gasteiger partial charge in [-0.1, -0.05) is 43.7 Å². The first-order valence-corrected chi connectivity index (χ1v) is 11.8. The lowest BCUT2D eigenvalue weighted by Gasteiger charge is -2.35. The molecular formula is C28H39N3O. The highest BCUT2D eigenvalue weighted by Crippen LogP contribution is 2.27. The number of hydrogen-bond acceptors (Lipinski definition) is 4. The summed E-state index contributed by atoms with van der Waals surface area (Å²) in [5, 5.41) is 0. The molecule has 2 aromatic rings. The smallest absolute Gasteiger partial charge is 0.150 e. The second kappa shape index (κ2) is 14.4. The maximum absolute atomic E-state index is 11.5. The van der Waals surface area contributed by atoms with Crippen LogP contribution in [-0.4, -0.2) is 48.4 Å². The van der Waals surface area contributed by atoms with Crippen LogP contribution in [0.3, 0.4) is 0 Å². The third-order valence-electron chi connectivity index (χ3n) is 5.88. The lowest BCUT2D eigenvalue weighted by molar-refractivity contribution is 0.112. The van der Waals surface area contributed by atoms with Crippen LogP contribution in [0.1, 0.15) is 54.6 Å². The zero-order valence-electron chi connectivity index (χ0n) is 19.9. The van der Waals surface area contributed by atoms with Gasteiger partial charge in [-0.2, -0.15) is 0 Å². The minimum atomic E-state index is 0.304. The van der Waals surface area contributed by atoms with Crippen molar-refractivity contribution < 1.29 is 4.79 Å². The molecule has 4 nitrogen and oxygen atoms in total. The van der Waals surface area contributed by atoms with Crippen molar-refractivity contribution in [3.63, 3.8) is 0 Å².